The smallest absolute Gasteiger partial charge is 0.305 e. The van der Waals surface area contributed by atoms with Gasteiger partial charge in [0.05, 0.1) is 6.42 Å². The molecular weight excluding hydrogens is 322 g/mol. The summed E-state index contributed by atoms with van der Waals surface area (Å²) < 4.78 is 0.898. The lowest BCUT2D eigenvalue weighted by Gasteiger charge is -2.35. The number of piperidine rings is 1. The molecule has 1 aromatic rings. The lowest BCUT2D eigenvalue weighted by Crippen LogP contribution is -2.45. The van der Waals surface area contributed by atoms with E-state index in [9.17, 15) is 9.59 Å². The van der Waals surface area contributed by atoms with Gasteiger partial charge < -0.3 is 10.0 Å². The van der Waals surface area contributed by atoms with E-state index in [1.54, 1.807) is 11.0 Å². The van der Waals surface area contributed by atoms with Gasteiger partial charge in [0, 0.05) is 22.6 Å². The molecule has 0 spiro atoms. The predicted octanol–water partition coefficient (Wildman–Crippen LogP) is 3.23. The van der Waals surface area contributed by atoms with Gasteiger partial charge in [-0.1, -0.05) is 22.0 Å². The maximum absolute atomic E-state index is 12.7. The summed E-state index contributed by atoms with van der Waals surface area (Å²) in [5.41, 5.74) is 1.55. The maximum atomic E-state index is 12.7. The molecule has 108 valence electrons. The van der Waals surface area contributed by atoms with E-state index in [2.05, 4.69) is 15.9 Å². The molecule has 1 aromatic carbocycles. The molecule has 0 saturated carbocycles. The summed E-state index contributed by atoms with van der Waals surface area (Å²) in [4.78, 5) is 25.4. The number of likely N-dealkylation sites (tertiary alicyclic amines) is 1. The van der Waals surface area contributed by atoms with Gasteiger partial charge in [-0.3, -0.25) is 9.59 Å². The van der Waals surface area contributed by atoms with Gasteiger partial charge in [0.25, 0.3) is 5.91 Å². The van der Waals surface area contributed by atoms with Crippen LogP contribution in [0.1, 0.15) is 41.6 Å². The third kappa shape index (κ3) is 3.20. The Morgan fingerprint density at radius 3 is 2.85 bits per heavy atom. The van der Waals surface area contributed by atoms with Crippen LogP contribution in [0.2, 0.25) is 0 Å². The minimum atomic E-state index is -0.847. The van der Waals surface area contributed by atoms with Crippen molar-refractivity contribution in [1.29, 1.82) is 0 Å². The molecule has 1 aliphatic rings. The van der Waals surface area contributed by atoms with Gasteiger partial charge in [0.1, 0.15) is 0 Å². The highest BCUT2D eigenvalue weighted by Gasteiger charge is 2.29. The Morgan fingerprint density at radius 2 is 2.15 bits per heavy atom. The third-order valence-electron chi connectivity index (χ3n) is 3.80. The van der Waals surface area contributed by atoms with Crippen molar-refractivity contribution in [3.8, 4) is 0 Å². The SMILES string of the molecule is Cc1c(Br)cccc1C(=O)N1CCCCC1CC(=O)O. The molecule has 1 aliphatic heterocycles. The summed E-state index contributed by atoms with van der Waals surface area (Å²) in [7, 11) is 0. The number of carbonyl (C=O) groups excluding carboxylic acids is 1. The zero-order valence-corrected chi connectivity index (χ0v) is 13.0. The van der Waals surface area contributed by atoms with Crippen molar-refractivity contribution in [2.75, 3.05) is 6.54 Å². The van der Waals surface area contributed by atoms with Crippen LogP contribution in [0.25, 0.3) is 0 Å². The number of nitrogens with zero attached hydrogens (tertiary/aromatic N) is 1. The van der Waals surface area contributed by atoms with Crippen molar-refractivity contribution < 1.29 is 14.7 Å². The molecule has 1 heterocycles. The molecule has 1 saturated heterocycles. The van der Waals surface area contributed by atoms with Crippen molar-refractivity contribution >= 4 is 27.8 Å². The monoisotopic (exact) mass is 339 g/mol. The molecule has 0 bridgehead atoms. The average Bonchev–Trinajstić information content (AvgIpc) is 2.41. The van der Waals surface area contributed by atoms with Gasteiger partial charge in [-0.15, -0.1) is 0 Å². The lowest BCUT2D eigenvalue weighted by atomic mass is 9.97. The zero-order chi connectivity index (χ0) is 14.7. The minimum absolute atomic E-state index is 0.0266. The van der Waals surface area contributed by atoms with Crippen molar-refractivity contribution in [1.82, 2.24) is 4.90 Å². The Bertz CT molecular complexity index is 530. The fraction of sp³-hybridized carbons (Fsp3) is 0.467. The third-order valence-corrected chi connectivity index (χ3v) is 4.66. The number of amides is 1. The van der Waals surface area contributed by atoms with Crippen LogP contribution in [0, 0.1) is 6.92 Å². The van der Waals surface area contributed by atoms with E-state index < -0.39 is 5.97 Å². The highest BCUT2D eigenvalue weighted by molar-refractivity contribution is 9.10. The van der Waals surface area contributed by atoms with Crippen LogP contribution in [0.4, 0.5) is 0 Å². The molecule has 4 nitrogen and oxygen atoms in total. The number of benzene rings is 1. The summed E-state index contributed by atoms with van der Waals surface area (Å²) in [6.07, 6.45) is 2.72. The fourth-order valence-corrected chi connectivity index (χ4v) is 3.04. The predicted molar refractivity (Wildman–Crippen MR) is 79.8 cm³/mol. The second kappa shape index (κ2) is 6.39. The van der Waals surface area contributed by atoms with Crippen LogP contribution >= 0.6 is 15.9 Å². The summed E-state index contributed by atoms with van der Waals surface area (Å²) in [5.74, 6) is -0.907. The zero-order valence-electron chi connectivity index (χ0n) is 11.4. The quantitative estimate of drug-likeness (QED) is 0.919. The van der Waals surface area contributed by atoms with E-state index in [1.165, 1.54) is 0 Å². The highest BCUT2D eigenvalue weighted by atomic mass is 79.9. The van der Waals surface area contributed by atoms with Gasteiger partial charge in [-0.05, 0) is 43.9 Å². The number of halogens is 1. The van der Waals surface area contributed by atoms with Crippen molar-refractivity contribution in [3.05, 3.63) is 33.8 Å². The second-order valence-corrected chi connectivity index (χ2v) is 6.01. The van der Waals surface area contributed by atoms with Crippen LogP contribution in [0.3, 0.4) is 0 Å². The van der Waals surface area contributed by atoms with Crippen molar-refractivity contribution in [3.63, 3.8) is 0 Å². The molecule has 2 rings (SSSR count). The van der Waals surface area contributed by atoms with E-state index in [1.807, 2.05) is 19.1 Å². The van der Waals surface area contributed by atoms with E-state index in [0.717, 1.165) is 29.3 Å². The van der Waals surface area contributed by atoms with Gasteiger partial charge >= 0.3 is 5.97 Å². The number of aliphatic carboxylic acids is 1. The number of hydrogen-bond donors (Lipinski definition) is 1. The molecule has 0 aromatic heterocycles. The molecular formula is C15H18BrNO3. The normalized spacial score (nSPS) is 18.9. The Kier molecular flexibility index (Phi) is 4.81. The van der Waals surface area contributed by atoms with Crippen LogP contribution in [0.15, 0.2) is 22.7 Å². The first-order valence-electron chi connectivity index (χ1n) is 6.78. The highest BCUT2D eigenvalue weighted by Crippen LogP contribution is 2.25. The first kappa shape index (κ1) is 15.0. The molecule has 5 heteroatoms. The standard InChI is InChI=1S/C15H18BrNO3/c1-10-12(6-4-7-13(10)16)15(20)17-8-3-2-5-11(17)9-14(18)19/h4,6-7,11H,2-3,5,8-9H2,1H3,(H,18,19). The number of rotatable bonds is 3. The molecule has 1 fully saturated rings. The van der Waals surface area contributed by atoms with Crippen LogP contribution < -0.4 is 0 Å². The van der Waals surface area contributed by atoms with E-state index in [4.69, 9.17) is 5.11 Å². The van der Waals surface area contributed by atoms with E-state index in [0.29, 0.717) is 12.1 Å². The number of carbonyl (C=O) groups is 2. The van der Waals surface area contributed by atoms with Gasteiger partial charge in [0.15, 0.2) is 0 Å². The van der Waals surface area contributed by atoms with Gasteiger partial charge in [-0.25, -0.2) is 0 Å². The molecule has 0 aliphatic carbocycles. The fourth-order valence-electron chi connectivity index (χ4n) is 2.68. The number of carboxylic acid groups (broad SMARTS) is 1. The second-order valence-electron chi connectivity index (χ2n) is 5.16. The summed E-state index contributed by atoms with van der Waals surface area (Å²) in [6, 6.07) is 5.35. The average molecular weight is 340 g/mol. The first-order chi connectivity index (χ1) is 9.50. The van der Waals surface area contributed by atoms with Gasteiger partial charge in [0.2, 0.25) is 0 Å². The molecule has 0 radical (unpaired) electrons. The first-order valence-corrected chi connectivity index (χ1v) is 7.58. The van der Waals surface area contributed by atoms with Crippen LogP contribution in [0.5, 0.6) is 0 Å². The lowest BCUT2D eigenvalue weighted by molar-refractivity contribution is -0.138. The molecule has 1 amide bonds. The maximum Gasteiger partial charge on any atom is 0.305 e. The molecule has 20 heavy (non-hydrogen) atoms. The Hall–Kier alpha value is -1.36. The Balaban J connectivity index is 2.25. The number of hydrogen-bond acceptors (Lipinski definition) is 2. The summed E-state index contributed by atoms with van der Waals surface area (Å²) in [5, 5.41) is 8.99. The minimum Gasteiger partial charge on any atom is -0.481 e. The van der Waals surface area contributed by atoms with Crippen LogP contribution in [-0.2, 0) is 4.79 Å². The Morgan fingerprint density at radius 1 is 1.40 bits per heavy atom. The molecule has 1 N–H and O–H groups in total. The number of carboxylic acids is 1. The van der Waals surface area contributed by atoms with Crippen molar-refractivity contribution in [2.24, 2.45) is 0 Å². The summed E-state index contributed by atoms with van der Waals surface area (Å²) in [6.45, 7) is 2.54. The largest absolute Gasteiger partial charge is 0.481 e. The molecule has 1 atom stereocenters. The molecule has 1 unspecified atom stereocenters. The van der Waals surface area contributed by atoms with Gasteiger partial charge in [-0.2, -0.15) is 0 Å². The topological polar surface area (TPSA) is 57.6 Å². The van der Waals surface area contributed by atoms with E-state index in [-0.39, 0.29) is 18.4 Å². The summed E-state index contributed by atoms with van der Waals surface area (Å²) >= 11 is 3.43. The van der Waals surface area contributed by atoms with Crippen LogP contribution in [-0.4, -0.2) is 34.5 Å². The Labute approximate surface area is 126 Å². The van der Waals surface area contributed by atoms with Crippen molar-refractivity contribution in [2.45, 2.75) is 38.6 Å². The van der Waals surface area contributed by atoms with E-state index >= 15 is 0 Å².